The molecule has 20 heavy (non-hydrogen) atoms. The third-order valence-electron chi connectivity index (χ3n) is 2.91. The van der Waals surface area contributed by atoms with Gasteiger partial charge in [-0.15, -0.1) is 0 Å². The number of anilines is 1. The minimum Gasteiger partial charge on any atom is -0.346 e. The Morgan fingerprint density at radius 3 is 2.60 bits per heavy atom. The number of fused-ring (bicyclic) bond motifs is 1. The van der Waals surface area contributed by atoms with E-state index in [0.717, 1.165) is 10.9 Å². The summed E-state index contributed by atoms with van der Waals surface area (Å²) in [7, 11) is 0. The molecule has 0 N–H and O–H groups in total. The number of aryl methyl sites for hydroxylation is 1. The second-order valence-electron chi connectivity index (χ2n) is 4.55. The molecule has 1 aromatic carbocycles. The van der Waals surface area contributed by atoms with Gasteiger partial charge in [-0.3, -0.25) is 0 Å². The van der Waals surface area contributed by atoms with Crippen molar-refractivity contribution in [3.05, 3.63) is 35.9 Å². The maximum absolute atomic E-state index is 12.7. The highest BCUT2D eigenvalue weighted by atomic mass is 79.9. The van der Waals surface area contributed by atoms with E-state index in [4.69, 9.17) is 0 Å². The van der Waals surface area contributed by atoms with Crippen LogP contribution in [-0.4, -0.2) is 29.6 Å². The summed E-state index contributed by atoms with van der Waals surface area (Å²) in [5.41, 5.74) is 1.45. The summed E-state index contributed by atoms with van der Waals surface area (Å²) in [4.78, 5) is 5.64. The predicted molar refractivity (Wildman–Crippen MR) is 78.5 cm³/mol. The zero-order valence-electron chi connectivity index (χ0n) is 10.9. The van der Waals surface area contributed by atoms with E-state index in [1.54, 1.807) is 13.0 Å². The van der Waals surface area contributed by atoms with Gasteiger partial charge in [0.15, 0.2) is 0 Å². The Balaban J connectivity index is 2.44. The van der Waals surface area contributed by atoms with Gasteiger partial charge >= 0.3 is 6.18 Å². The van der Waals surface area contributed by atoms with Crippen LogP contribution in [0.4, 0.5) is 19.0 Å². The molecule has 0 aliphatic carbocycles. The number of rotatable bonds is 4. The van der Waals surface area contributed by atoms with Crippen molar-refractivity contribution in [1.82, 2.24) is 4.98 Å². The largest absolute Gasteiger partial charge is 0.405 e. The topological polar surface area (TPSA) is 16.1 Å². The molecule has 0 atom stereocenters. The Labute approximate surface area is 123 Å². The van der Waals surface area contributed by atoms with Crippen LogP contribution in [0.2, 0.25) is 0 Å². The van der Waals surface area contributed by atoms with E-state index in [1.165, 1.54) is 4.90 Å². The third kappa shape index (κ3) is 3.62. The maximum atomic E-state index is 12.7. The van der Waals surface area contributed by atoms with Crippen molar-refractivity contribution in [2.24, 2.45) is 0 Å². The molecule has 6 heteroatoms. The Bertz CT molecular complexity index is 598. The predicted octanol–water partition coefficient (Wildman–Crippen LogP) is 4.31. The average molecular weight is 347 g/mol. The minimum atomic E-state index is -4.25. The SMILES string of the molecule is Cc1cc2ccccc2nc1N(CCBr)CC(F)(F)F. The zero-order valence-corrected chi connectivity index (χ0v) is 12.5. The summed E-state index contributed by atoms with van der Waals surface area (Å²) in [5, 5.41) is 1.39. The lowest BCUT2D eigenvalue weighted by Crippen LogP contribution is -2.36. The zero-order chi connectivity index (χ0) is 14.8. The van der Waals surface area contributed by atoms with Crippen molar-refractivity contribution in [1.29, 1.82) is 0 Å². The molecule has 2 aromatic rings. The lowest BCUT2D eigenvalue weighted by molar-refractivity contribution is -0.119. The van der Waals surface area contributed by atoms with Gasteiger partial charge in [0.05, 0.1) is 5.52 Å². The molecule has 0 spiro atoms. The van der Waals surface area contributed by atoms with Gasteiger partial charge in [-0.1, -0.05) is 34.1 Å². The molecule has 1 aromatic heterocycles. The lowest BCUT2D eigenvalue weighted by atomic mass is 10.1. The molecule has 108 valence electrons. The van der Waals surface area contributed by atoms with Gasteiger partial charge < -0.3 is 4.90 Å². The third-order valence-corrected chi connectivity index (χ3v) is 3.27. The van der Waals surface area contributed by atoms with Gasteiger partial charge in [-0.05, 0) is 24.6 Å². The van der Waals surface area contributed by atoms with Crippen LogP contribution in [0.15, 0.2) is 30.3 Å². The second kappa shape index (κ2) is 5.99. The monoisotopic (exact) mass is 346 g/mol. The number of hydrogen-bond donors (Lipinski definition) is 0. The van der Waals surface area contributed by atoms with E-state index in [9.17, 15) is 13.2 Å². The first kappa shape index (κ1) is 15.1. The first-order valence-electron chi connectivity index (χ1n) is 6.15. The quantitative estimate of drug-likeness (QED) is 0.767. The second-order valence-corrected chi connectivity index (χ2v) is 5.34. The van der Waals surface area contributed by atoms with Gasteiger partial charge in [0.25, 0.3) is 0 Å². The van der Waals surface area contributed by atoms with Gasteiger partial charge in [0, 0.05) is 17.3 Å². The average Bonchev–Trinajstić information content (AvgIpc) is 2.36. The first-order chi connectivity index (χ1) is 9.40. The Morgan fingerprint density at radius 1 is 1.25 bits per heavy atom. The van der Waals surface area contributed by atoms with E-state index in [1.807, 2.05) is 24.3 Å². The number of pyridine rings is 1. The molecule has 0 aliphatic heterocycles. The van der Waals surface area contributed by atoms with Crippen molar-refractivity contribution in [3.8, 4) is 0 Å². The fourth-order valence-corrected chi connectivity index (χ4v) is 2.54. The number of aromatic nitrogens is 1. The van der Waals surface area contributed by atoms with Crippen LogP contribution in [0.1, 0.15) is 5.56 Å². The highest BCUT2D eigenvalue weighted by Crippen LogP contribution is 2.26. The number of para-hydroxylation sites is 1. The van der Waals surface area contributed by atoms with E-state index in [0.29, 0.717) is 16.7 Å². The molecule has 2 nitrogen and oxygen atoms in total. The first-order valence-corrected chi connectivity index (χ1v) is 7.27. The number of alkyl halides is 4. The summed E-state index contributed by atoms with van der Waals surface area (Å²) in [6.45, 7) is 1.04. The Morgan fingerprint density at radius 2 is 1.95 bits per heavy atom. The molecule has 0 amide bonds. The van der Waals surface area contributed by atoms with Gasteiger partial charge in [-0.25, -0.2) is 4.98 Å². The highest BCUT2D eigenvalue weighted by Gasteiger charge is 2.31. The van der Waals surface area contributed by atoms with Gasteiger partial charge in [0.1, 0.15) is 12.4 Å². The van der Waals surface area contributed by atoms with Crippen LogP contribution >= 0.6 is 15.9 Å². The van der Waals surface area contributed by atoms with Crippen LogP contribution in [-0.2, 0) is 0 Å². The van der Waals surface area contributed by atoms with E-state index >= 15 is 0 Å². The van der Waals surface area contributed by atoms with Crippen molar-refractivity contribution in [2.75, 3.05) is 23.3 Å². The van der Waals surface area contributed by atoms with E-state index < -0.39 is 12.7 Å². The van der Waals surface area contributed by atoms with Crippen LogP contribution in [0.5, 0.6) is 0 Å². The molecule has 0 radical (unpaired) electrons. The van der Waals surface area contributed by atoms with Crippen LogP contribution in [0.3, 0.4) is 0 Å². The molecule has 0 aliphatic rings. The Hall–Kier alpha value is -1.30. The van der Waals surface area contributed by atoms with Crippen molar-refractivity contribution in [2.45, 2.75) is 13.1 Å². The fraction of sp³-hybridized carbons (Fsp3) is 0.357. The van der Waals surface area contributed by atoms with Crippen molar-refractivity contribution < 1.29 is 13.2 Å². The Kier molecular flexibility index (Phi) is 4.52. The minimum absolute atomic E-state index is 0.256. The summed E-state index contributed by atoms with van der Waals surface area (Å²) < 4.78 is 38.0. The number of nitrogens with zero attached hydrogens (tertiary/aromatic N) is 2. The van der Waals surface area contributed by atoms with Crippen LogP contribution in [0, 0.1) is 6.92 Å². The van der Waals surface area contributed by atoms with E-state index in [-0.39, 0.29) is 6.54 Å². The maximum Gasteiger partial charge on any atom is 0.405 e. The van der Waals surface area contributed by atoms with Gasteiger partial charge in [-0.2, -0.15) is 13.2 Å². The summed E-state index contributed by atoms with van der Waals surface area (Å²) in [6.07, 6.45) is -4.25. The number of benzene rings is 1. The molecule has 0 bridgehead atoms. The summed E-state index contributed by atoms with van der Waals surface area (Å²) >= 11 is 3.19. The lowest BCUT2D eigenvalue weighted by Gasteiger charge is -2.26. The fourth-order valence-electron chi connectivity index (χ4n) is 2.11. The summed E-state index contributed by atoms with van der Waals surface area (Å²) in [5.74, 6) is 0.389. The molecular formula is C14H14BrF3N2. The van der Waals surface area contributed by atoms with Gasteiger partial charge in [0.2, 0.25) is 0 Å². The highest BCUT2D eigenvalue weighted by molar-refractivity contribution is 9.09. The van der Waals surface area contributed by atoms with Crippen molar-refractivity contribution >= 4 is 32.7 Å². The van der Waals surface area contributed by atoms with Crippen LogP contribution in [0.25, 0.3) is 10.9 Å². The summed E-state index contributed by atoms with van der Waals surface area (Å²) in [6, 6.07) is 9.28. The molecule has 0 saturated carbocycles. The molecular weight excluding hydrogens is 333 g/mol. The van der Waals surface area contributed by atoms with E-state index in [2.05, 4.69) is 20.9 Å². The number of hydrogen-bond acceptors (Lipinski definition) is 2. The molecule has 2 rings (SSSR count). The standard InChI is InChI=1S/C14H14BrF3N2/c1-10-8-11-4-2-3-5-12(11)19-13(10)20(7-6-15)9-14(16,17)18/h2-5,8H,6-7,9H2,1H3. The normalized spacial score (nSPS) is 11.8. The molecule has 0 saturated heterocycles. The molecule has 0 unspecified atom stereocenters. The molecule has 0 fully saturated rings. The smallest absolute Gasteiger partial charge is 0.346 e. The van der Waals surface area contributed by atoms with Crippen molar-refractivity contribution in [3.63, 3.8) is 0 Å². The van der Waals surface area contributed by atoms with Crippen LogP contribution < -0.4 is 4.90 Å². The molecule has 1 heterocycles. The number of halogens is 4.